The van der Waals surface area contributed by atoms with Gasteiger partial charge in [0.2, 0.25) is 5.91 Å². The van der Waals surface area contributed by atoms with E-state index in [-0.39, 0.29) is 25.3 Å². The average Bonchev–Trinajstić information content (AvgIpc) is 2.08. The van der Waals surface area contributed by atoms with Gasteiger partial charge in [0.05, 0.1) is 6.54 Å². The molecule has 0 radical (unpaired) electrons. The van der Waals surface area contributed by atoms with Crippen molar-refractivity contribution < 1.29 is 19.5 Å². The summed E-state index contributed by atoms with van der Waals surface area (Å²) in [6.45, 7) is 0.0256. The van der Waals surface area contributed by atoms with Gasteiger partial charge in [0.1, 0.15) is 6.29 Å². The molecular formula is C8H13NO4. The lowest BCUT2D eigenvalue weighted by Gasteiger charge is -1.99. The van der Waals surface area contributed by atoms with E-state index in [0.29, 0.717) is 19.1 Å². The van der Waals surface area contributed by atoms with Crippen molar-refractivity contribution in [1.29, 1.82) is 0 Å². The van der Waals surface area contributed by atoms with Crippen LogP contribution in [0.3, 0.4) is 0 Å². The predicted octanol–water partition coefficient (Wildman–Crippen LogP) is -0.0535. The van der Waals surface area contributed by atoms with Crippen molar-refractivity contribution in [3.05, 3.63) is 0 Å². The number of carbonyl (C=O) groups is 3. The molecule has 0 aliphatic heterocycles. The van der Waals surface area contributed by atoms with Crippen LogP contribution in [-0.4, -0.2) is 29.8 Å². The lowest BCUT2D eigenvalue weighted by Crippen LogP contribution is -2.24. The van der Waals surface area contributed by atoms with Gasteiger partial charge in [0.15, 0.2) is 0 Å². The molecule has 0 fully saturated rings. The highest BCUT2D eigenvalue weighted by Gasteiger charge is 2.01. The largest absolute Gasteiger partial charge is 0.481 e. The summed E-state index contributed by atoms with van der Waals surface area (Å²) in [5.74, 6) is -1.06. The Morgan fingerprint density at radius 3 is 2.38 bits per heavy atom. The van der Waals surface area contributed by atoms with Crippen molar-refractivity contribution in [2.75, 3.05) is 6.54 Å². The molecule has 0 unspecified atom stereocenters. The zero-order valence-electron chi connectivity index (χ0n) is 7.28. The number of rotatable bonds is 7. The summed E-state index contributed by atoms with van der Waals surface area (Å²) < 4.78 is 0. The highest BCUT2D eigenvalue weighted by molar-refractivity contribution is 5.78. The topological polar surface area (TPSA) is 83.5 Å². The maximum absolute atomic E-state index is 10.8. The fourth-order valence-corrected chi connectivity index (χ4v) is 0.806. The Balaban J connectivity index is 3.26. The van der Waals surface area contributed by atoms with Gasteiger partial charge in [0.25, 0.3) is 0 Å². The van der Waals surface area contributed by atoms with Crippen LogP contribution in [0.1, 0.15) is 25.7 Å². The molecule has 0 saturated heterocycles. The lowest BCUT2D eigenvalue weighted by atomic mass is 10.2. The molecule has 0 aliphatic rings. The molecule has 2 N–H and O–H groups in total. The molecule has 5 heteroatoms. The third kappa shape index (κ3) is 8.52. The monoisotopic (exact) mass is 187 g/mol. The SMILES string of the molecule is O=CCNC(=O)CCCCC(=O)O. The van der Waals surface area contributed by atoms with Gasteiger partial charge in [-0.25, -0.2) is 0 Å². The van der Waals surface area contributed by atoms with E-state index in [0.717, 1.165) is 0 Å². The second-order valence-corrected chi connectivity index (χ2v) is 2.57. The zero-order chi connectivity index (χ0) is 10.1. The van der Waals surface area contributed by atoms with Gasteiger partial charge < -0.3 is 15.2 Å². The number of unbranched alkanes of at least 4 members (excludes halogenated alkanes) is 1. The molecule has 0 aromatic rings. The summed E-state index contributed by atoms with van der Waals surface area (Å²) in [6, 6.07) is 0. The van der Waals surface area contributed by atoms with E-state index in [4.69, 9.17) is 5.11 Å². The minimum atomic E-state index is -0.853. The first-order valence-corrected chi connectivity index (χ1v) is 4.09. The van der Waals surface area contributed by atoms with Crippen LogP contribution in [0.5, 0.6) is 0 Å². The molecule has 0 aromatic heterocycles. The molecule has 1 amide bonds. The van der Waals surface area contributed by atoms with Gasteiger partial charge in [-0.1, -0.05) is 0 Å². The van der Waals surface area contributed by atoms with Crippen LogP contribution in [0, 0.1) is 0 Å². The third-order valence-corrected chi connectivity index (χ3v) is 1.43. The number of hydrogen-bond donors (Lipinski definition) is 2. The molecule has 0 rings (SSSR count). The van der Waals surface area contributed by atoms with Gasteiger partial charge in [0, 0.05) is 12.8 Å². The molecule has 0 aromatic carbocycles. The molecule has 0 saturated carbocycles. The van der Waals surface area contributed by atoms with E-state index in [1.807, 2.05) is 0 Å². The van der Waals surface area contributed by atoms with Crippen molar-refractivity contribution in [2.24, 2.45) is 0 Å². The van der Waals surface area contributed by atoms with Crippen LogP contribution in [0.4, 0.5) is 0 Å². The van der Waals surface area contributed by atoms with E-state index in [1.165, 1.54) is 0 Å². The number of amides is 1. The van der Waals surface area contributed by atoms with Crippen molar-refractivity contribution in [3.63, 3.8) is 0 Å². The number of nitrogens with one attached hydrogen (secondary N) is 1. The van der Waals surface area contributed by atoms with Crippen LogP contribution in [0.2, 0.25) is 0 Å². The first kappa shape index (κ1) is 11.6. The van der Waals surface area contributed by atoms with Crippen molar-refractivity contribution in [3.8, 4) is 0 Å². The minimum absolute atomic E-state index is 0.0256. The lowest BCUT2D eigenvalue weighted by molar-refractivity contribution is -0.137. The first-order valence-electron chi connectivity index (χ1n) is 4.09. The standard InChI is InChI=1S/C8H13NO4/c10-6-5-9-7(11)3-1-2-4-8(12)13/h6H,1-5H2,(H,9,11)(H,12,13). The number of carboxylic acid groups (broad SMARTS) is 1. The quantitative estimate of drug-likeness (QED) is 0.432. The van der Waals surface area contributed by atoms with Crippen LogP contribution >= 0.6 is 0 Å². The molecule has 0 bridgehead atoms. The fourth-order valence-electron chi connectivity index (χ4n) is 0.806. The Hall–Kier alpha value is -1.39. The fraction of sp³-hybridized carbons (Fsp3) is 0.625. The van der Waals surface area contributed by atoms with Crippen LogP contribution in [0.25, 0.3) is 0 Å². The second-order valence-electron chi connectivity index (χ2n) is 2.57. The molecule has 74 valence electrons. The van der Waals surface area contributed by atoms with E-state index < -0.39 is 5.97 Å². The molecule has 13 heavy (non-hydrogen) atoms. The van der Waals surface area contributed by atoms with Crippen LogP contribution in [0.15, 0.2) is 0 Å². The van der Waals surface area contributed by atoms with E-state index in [1.54, 1.807) is 0 Å². The molecule has 5 nitrogen and oxygen atoms in total. The molecule has 0 spiro atoms. The van der Waals surface area contributed by atoms with Crippen molar-refractivity contribution in [1.82, 2.24) is 5.32 Å². The Morgan fingerprint density at radius 2 is 1.85 bits per heavy atom. The van der Waals surface area contributed by atoms with Gasteiger partial charge in [-0.3, -0.25) is 9.59 Å². The first-order chi connectivity index (χ1) is 6.16. The third-order valence-electron chi connectivity index (χ3n) is 1.43. The van der Waals surface area contributed by atoms with Crippen LogP contribution < -0.4 is 5.32 Å². The average molecular weight is 187 g/mol. The summed E-state index contributed by atoms with van der Waals surface area (Å²) in [5, 5.41) is 10.6. The molecule has 0 heterocycles. The summed E-state index contributed by atoms with van der Waals surface area (Å²) in [5.41, 5.74) is 0. The van der Waals surface area contributed by atoms with Gasteiger partial charge in [-0.05, 0) is 12.8 Å². The normalized spacial score (nSPS) is 9.23. The number of carboxylic acids is 1. The highest BCUT2D eigenvalue weighted by atomic mass is 16.4. The van der Waals surface area contributed by atoms with Gasteiger partial charge in [-0.15, -0.1) is 0 Å². The van der Waals surface area contributed by atoms with Crippen LogP contribution in [-0.2, 0) is 14.4 Å². The second kappa shape index (κ2) is 7.27. The Bertz CT molecular complexity index is 191. The van der Waals surface area contributed by atoms with Crippen molar-refractivity contribution >= 4 is 18.2 Å². The number of carbonyl (C=O) groups excluding carboxylic acids is 2. The number of aliphatic carboxylic acids is 1. The summed E-state index contributed by atoms with van der Waals surface area (Å²) >= 11 is 0. The maximum Gasteiger partial charge on any atom is 0.303 e. The summed E-state index contributed by atoms with van der Waals surface area (Å²) in [7, 11) is 0. The smallest absolute Gasteiger partial charge is 0.303 e. The van der Waals surface area contributed by atoms with Gasteiger partial charge in [-0.2, -0.15) is 0 Å². The van der Waals surface area contributed by atoms with E-state index in [2.05, 4.69) is 5.32 Å². The highest BCUT2D eigenvalue weighted by Crippen LogP contribution is 1.99. The van der Waals surface area contributed by atoms with E-state index >= 15 is 0 Å². The zero-order valence-corrected chi connectivity index (χ0v) is 7.28. The summed E-state index contributed by atoms with van der Waals surface area (Å²) in [4.78, 5) is 30.7. The number of hydrogen-bond acceptors (Lipinski definition) is 3. The summed E-state index contributed by atoms with van der Waals surface area (Å²) in [6.07, 6.45) is 2.00. The molecule has 0 aliphatic carbocycles. The molecular weight excluding hydrogens is 174 g/mol. The van der Waals surface area contributed by atoms with Gasteiger partial charge >= 0.3 is 5.97 Å². The Morgan fingerprint density at radius 1 is 1.23 bits per heavy atom. The Labute approximate surface area is 76.1 Å². The van der Waals surface area contributed by atoms with Crippen molar-refractivity contribution in [2.45, 2.75) is 25.7 Å². The molecule has 0 atom stereocenters. The number of aldehydes is 1. The van der Waals surface area contributed by atoms with E-state index in [9.17, 15) is 14.4 Å². The Kier molecular flexibility index (Phi) is 6.49. The minimum Gasteiger partial charge on any atom is -0.481 e. The maximum atomic E-state index is 10.8. The predicted molar refractivity (Wildman–Crippen MR) is 45.2 cm³/mol.